The summed E-state index contributed by atoms with van der Waals surface area (Å²) in [4.78, 5) is 13.4. The minimum atomic E-state index is 0.0751. The molecule has 2 atom stereocenters. The molecule has 2 aliphatic rings. The van der Waals surface area contributed by atoms with Crippen molar-refractivity contribution in [3.8, 4) is 0 Å². The Balaban J connectivity index is 2.05. The first-order chi connectivity index (χ1) is 6.70. The van der Waals surface area contributed by atoms with Crippen LogP contribution in [-0.2, 0) is 4.74 Å². The average Bonchev–Trinajstić information content (AvgIpc) is 2.70. The number of nitrogens with one attached hydrogen (secondary N) is 1. The molecule has 2 heterocycles. The molecule has 0 aromatic heterocycles. The molecule has 14 heavy (non-hydrogen) atoms. The van der Waals surface area contributed by atoms with Crippen molar-refractivity contribution in [3.63, 3.8) is 0 Å². The van der Waals surface area contributed by atoms with E-state index in [2.05, 4.69) is 19.2 Å². The minimum absolute atomic E-state index is 0.0751. The predicted molar refractivity (Wildman–Crippen MR) is 53.0 cm³/mol. The third kappa shape index (κ3) is 1.59. The van der Waals surface area contributed by atoms with Gasteiger partial charge in [-0.25, -0.2) is 4.79 Å². The summed E-state index contributed by atoms with van der Waals surface area (Å²) in [5, 5.41) is 2.84. The van der Waals surface area contributed by atoms with E-state index < -0.39 is 0 Å². The fourth-order valence-corrected chi connectivity index (χ4v) is 2.32. The highest BCUT2D eigenvalue weighted by atomic mass is 16.5. The summed E-state index contributed by atoms with van der Waals surface area (Å²) in [7, 11) is 0. The normalized spacial score (nSPS) is 32.8. The standard InChI is InChI=1S/C10H18N2O2/c1-7(2)8-5-14-6-9(8)12-4-3-11-10(12)13/h7-9H,3-6H2,1-2H3,(H,11,13). The van der Waals surface area contributed by atoms with Crippen LogP contribution in [0.5, 0.6) is 0 Å². The first-order valence-electron chi connectivity index (χ1n) is 5.32. The Bertz CT molecular complexity index is 230. The minimum Gasteiger partial charge on any atom is -0.379 e. The zero-order valence-corrected chi connectivity index (χ0v) is 8.82. The van der Waals surface area contributed by atoms with Crippen molar-refractivity contribution < 1.29 is 9.53 Å². The Morgan fingerprint density at radius 1 is 1.50 bits per heavy atom. The van der Waals surface area contributed by atoms with E-state index in [0.717, 1.165) is 19.7 Å². The van der Waals surface area contributed by atoms with E-state index in [1.54, 1.807) is 0 Å². The van der Waals surface area contributed by atoms with Crippen molar-refractivity contribution in [2.45, 2.75) is 19.9 Å². The van der Waals surface area contributed by atoms with Crippen LogP contribution < -0.4 is 5.32 Å². The summed E-state index contributed by atoms with van der Waals surface area (Å²) >= 11 is 0. The summed E-state index contributed by atoms with van der Waals surface area (Å²) in [5.74, 6) is 1.08. The van der Waals surface area contributed by atoms with Crippen LogP contribution >= 0.6 is 0 Å². The number of amides is 2. The van der Waals surface area contributed by atoms with Gasteiger partial charge in [-0.2, -0.15) is 0 Å². The number of hydrogen-bond donors (Lipinski definition) is 1. The van der Waals surface area contributed by atoms with Crippen LogP contribution in [-0.4, -0.2) is 43.3 Å². The van der Waals surface area contributed by atoms with Crippen LogP contribution in [0.1, 0.15) is 13.8 Å². The second kappa shape index (κ2) is 3.77. The lowest BCUT2D eigenvalue weighted by Gasteiger charge is -2.28. The summed E-state index contributed by atoms with van der Waals surface area (Å²) in [6.45, 7) is 7.50. The van der Waals surface area contributed by atoms with E-state index in [0.29, 0.717) is 18.4 Å². The van der Waals surface area contributed by atoms with Gasteiger partial charge in [0.1, 0.15) is 0 Å². The number of rotatable bonds is 2. The Labute approximate surface area is 84.6 Å². The number of hydrogen-bond acceptors (Lipinski definition) is 2. The van der Waals surface area contributed by atoms with E-state index in [1.165, 1.54) is 0 Å². The Morgan fingerprint density at radius 2 is 2.29 bits per heavy atom. The Kier molecular flexibility index (Phi) is 2.63. The molecule has 4 heteroatoms. The molecular weight excluding hydrogens is 180 g/mol. The molecule has 2 fully saturated rings. The highest BCUT2D eigenvalue weighted by molar-refractivity contribution is 5.76. The van der Waals surface area contributed by atoms with Gasteiger partial charge >= 0.3 is 6.03 Å². The van der Waals surface area contributed by atoms with Crippen molar-refractivity contribution in [2.75, 3.05) is 26.3 Å². The molecule has 1 N–H and O–H groups in total. The van der Waals surface area contributed by atoms with Gasteiger partial charge in [-0.15, -0.1) is 0 Å². The van der Waals surface area contributed by atoms with Crippen molar-refractivity contribution in [2.24, 2.45) is 11.8 Å². The van der Waals surface area contributed by atoms with Crippen LogP contribution in [0, 0.1) is 11.8 Å². The molecule has 0 radical (unpaired) electrons. The fraction of sp³-hybridized carbons (Fsp3) is 0.900. The summed E-state index contributed by atoms with van der Waals surface area (Å²) in [6.07, 6.45) is 0. The van der Waals surface area contributed by atoms with Gasteiger partial charge < -0.3 is 15.0 Å². The fourth-order valence-electron chi connectivity index (χ4n) is 2.32. The molecular formula is C10H18N2O2. The molecule has 80 valence electrons. The predicted octanol–water partition coefficient (Wildman–Crippen LogP) is 0.683. The molecule has 2 rings (SSSR count). The second-order valence-electron chi connectivity index (χ2n) is 4.44. The number of urea groups is 1. The second-order valence-corrected chi connectivity index (χ2v) is 4.44. The van der Waals surface area contributed by atoms with Crippen LogP contribution in [0.25, 0.3) is 0 Å². The summed E-state index contributed by atoms with van der Waals surface area (Å²) in [6, 6.07) is 0.364. The average molecular weight is 198 g/mol. The maximum Gasteiger partial charge on any atom is 0.317 e. The van der Waals surface area contributed by atoms with E-state index in [4.69, 9.17) is 4.74 Å². The molecule has 2 saturated heterocycles. The maximum atomic E-state index is 11.5. The third-order valence-electron chi connectivity index (χ3n) is 3.24. The Morgan fingerprint density at radius 3 is 2.86 bits per heavy atom. The van der Waals surface area contributed by atoms with Gasteiger partial charge in [0.2, 0.25) is 0 Å². The van der Waals surface area contributed by atoms with Crippen LogP contribution in [0.3, 0.4) is 0 Å². The van der Waals surface area contributed by atoms with E-state index in [1.807, 2.05) is 4.90 Å². The molecule has 0 aliphatic carbocycles. The van der Waals surface area contributed by atoms with Crippen molar-refractivity contribution in [3.05, 3.63) is 0 Å². The highest BCUT2D eigenvalue weighted by Crippen LogP contribution is 2.27. The van der Waals surface area contributed by atoms with Gasteiger partial charge in [0.15, 0.2) is 0 Å². The van der Waals surface area contributed by atoms with E-state index >= 15 is 0 Å². The lowest BCUT2D eigenvalue weighted by Crippen LogP contribution is -2.43. The molecule has 2 aliphatic heterocycles. The summed E-state index contributed by atoms with van der Waals surface area (Å²) < 4.78 is 5.47. The molecule has 2 amide bonds. The molecule has 0 saturated carbocycles. The molecule has 0 spiro atoms. The molecule has 4 nitrogen and oxygen atoms in total. The van der Waals surface area contributed by atoms with Crippen molar-refractivity contribution >= 4 is 6.03 Å². The lowest BCUT2D eigenvalue weighted by atomic mass is 9.90. The number of carbonyl (C=O) groups is 1. The van der Waals surface area contributed by atoms with Crippen LogP contribution in [0.15, 0.2) is 0 Å². The van der Waals surface area contributed by atoms with Gasteiger partial charge in [-0.1, -0.05) is 13.8 Å². The maximum absolute atomic E-state index is 11.5. The monoisotopic (exact) mass is 198 g/mol. The zero-order valence-electron chi connectivity index (χ0n) is 8.82. The van der Waals surface area contributed by atoms with E-state index in [-0.39, 0.29) is 12.1 Å². The van der Waals surface area contributed by atoms with Crippen molar-refractivity contribution in [1.82, 2.24) is 10.2 Å². The molecule has 0 aromatic carbocycles. The molecule has 0 aromatic rings. The first kappa shape index (κ1) is 9.77. The number of nitrogens with zero attached hydrogens (tertiary/aromatic N) is 1. The molecule has 2 unspecified atom stereocenters. The third-order valence-corrected chi connectivity index (χ3v) is 3.24. The molecule has 0 bridgehead atoms. The van der Waals surface area contributed by atoms with E-state index in [9.17, 15) is 4.79 Å². The quantitative estimate of drug-likeness (QED) is 0.709. The van der Waals surface area contributed by atoms with Crippen LogP contribution in [0.4, 0.5) is 4.79 Å². The topological polar surface area (TPSA) is 41.6 Å². The highest BCUT2D eigenvalue weighted by Gasteiger charge is 2.38. The Hall–Kier alpha value is -0.770. The number of ether oxygens (including phenoxy) is 1. The lowest BCUT2D eigenvalue weighted by molar-refractivity contribution is 0.160. The van der Waals surface area contributed by atoms with Gasteiger partial charge in [0, 0.05) is 19.0 Å². The van der Waals surface area contributed by atoms with Gasteiger partial charge in [0.05, 0.1) is 19.3 Å². The van der Waals surface area contributed by atoms with Gasteiger partial charge in [-0.05, 0) is 5.92 Å². The number of carbonyl (C=O) groups excluding carboxylic acids is 1. The smallest absolute Gasteiger partial charge is 0.317 e. The van der Waals surface area contributed by atoms with Crippen LogP contribution in [0.2, 0.25) is 0 Å². The van der Waals surface area contributed by atoms with Gasteiger partial charge in [-0.3, -0.25) is 0 Å². The SMILES string of the molecule is CC(C)C1COCC1N1CCNC1=O. The van der Waals surface area contributed by atoms with Gasteiger partial charge in [0.25, 0.3) is 0 Å². The zero-order chi connectivity index (χ0) is 10.1. The summed E-state index contributed by atoms with van der Waals surface area (Å²) in [5.41, 5.74) is 0. The largest absolute Gasteiger partial charge is 0.379 e. The first-order valence-corrected chi connectivity index (χ1v) is 5.32. The van der Waals surface area contributed by atoms with Crippen molar-refractivity contribution in [1.29, 1.82) is 0 Å².